The Labute approximate surface area is 603 Å². The molecule has 6 aromatic rings. The first-order valence-electron chi connectivity index (χ1n) is 27.3. The number of rotatable bonds is 23. The second-order valence-corrected chi connectivity index (χ2v) is 23.9. The van der Waals surface area contributed by atoms with Gasteiger partial charge in [0.1, 0.15) is 23.1 Å². The van der Waals surface area contributed by atoms with E-state index in [4.69, 9.17) is 45.7 Å². The van der Waals surface area contributed by atoms with E-state index in [0.717, 1.165) is 17.9 Å². The molecule has 0 amide bonds. The SMILES string of the molecule is CC#N.CCCc1nc(C)c2c(=O)[nH]c(-c3cc(S(=O)(=O)Cl)ccc3OCC)nn12.CCCc1nc(C)c2c(=O)[nH]c(-c3cc(S(=O)(=O)N4CC(N(C)CCCO)C4)ccc3OCC)nn12.CN(CCCO)C1CN(OC(=O)C(F)(F)F)C1.O=CO[O-].[H-].[K+].[K+]. The number of hydrogen-bond donors (Lipinski definition) is 4. The summed E-state index contributed by atoms with van der Waals surface area (Å²) in [4.78, 5) is 69.8. The van der Waals surface area contributed by atoms with E-state index >= 15 is 0 Å². The standard InChI is InChI=1S/C24H34N6O5S.C17H19ClN4O4S.C9H15F3N2O3.C2H3N.CH2O3.2K.H/c1-5-8-21-25-16(3)22-24(32)26-23(27-30(21)22)19-13-18(9-10-20(19)35-6-2)36(33,34)29-14-17(15-29)28(4)11-7-12-31;1-4-6-14-19-10(3)15-17(23)20-16(21-22(14)15)12-9-11(27(18,24)25)7-8-13(12)26-5-2;1-13(3-2-4-15)7-5-14(6-7)17-8(16)9(10,11)12;1-2-3;2-1-4-3;;;/h9-10,13,17,31H,5-8,11-12,14-15H2,1-4H3,(H,26,27,32);7-9H,4-6H2,1-3H3,(H,20,21,23);7,15H,2-6H2,1H3;1H3;1,3H;;;/q;;;;;2*+1;-1/p-1. The van der Waals surface area contributed by atoms with Gasteiger partial charge in [-0.1, -0.05) is 13.8 Å². The van der Waals surface area contributed by atoms with E-state index in [0.29, 0.717) is 122 Å². The number of imidazole rings is 2. The number of ether oxygens (including phenoxy) is 2. The molecule has 4 N–H and O–H groups in total. The third-order valence-electron chi connectivity index (χ3n) is 13.1. The Balaban J connectivity index is 0.000000663. The van der Waals surface area contributed by atoms with Crippen LogP contribution in [0.2, 0.25) is 0 Å². The second-order valence-electron chi connectivity index (χ2n) is 19.4. The smallest absolute Gasteiger partial charge is 1.00 e. The van der Waals surface area contributed by atoms with Crippen LogP contribution in [-0.4, -0.2) is 196 Å². The molecule has 89 heavy (non-hydrogen) atoms. The minimum Gasteiger partial charge on any atom is -1.00 e. The number of carbonyl (C=O) groups excluding carboxylic acids is 2. The van der Waals surface area contributed by atoms with Gasteiger partial charge in [0, 0.05) is 81.9 Å². The van der Waals surface area contributed by atoms with E-state index in [1.807, 2.05) is 39.8 Å². The van der Waals surface area contributed by atoms with Gasteiger partial charge in [-0.15, -0.1) is 15.3 Å². The predicted octanol–water partition coefficient (Wildman–Crippen LogP) is -2.81. The van der Waals surface area contributed by atoms with Gasteiger partial charge in [-0.25, -0.2) is 40.6 Å². The van der Waals surface area contributed by atoms with Crippen LogP contribution in [0.3, 0.4) is 0 Å². The summed E-state index contributed by atoms with van der Waals surface area (Å²) in [7, 11) is 1.50. The Hall–Kier alpha value is -3.86. The number of nitriles is 1. The van der Waals surface area contributed by atoms with E-state index < -0.39 is 31.2 Å². The normalized spacial score (nSPS) is 13.5. The van der Waals surface area contributed by atoms with Gasteiger partial charge in [0.05, 0.1) is 64.7 Å². The van der Waals surface area contributed by atoms with Crippen molar-refractivity contribution in [2.75, 3.05) is 79.8 Å². The molecule has 482 valence electrons. The third-order valence-corrected chi connectivity index (χ3v) is 16.3. The van der Waals surface area contributed by atoms with Crippen LogP contribution in [0.5, 0.6) is 11.5 Å². The zero-order chi connectivity index (χ0) is 65.0. The maximum atomic E-state index is 13.4. The van der Waals surface area contributed by atoms with Crippen molar-refractivity contribution in [3.63, 3.8) is 0 Å². The number of likely N-dealkylation sites (N-methyl/N-ethyl adjacent to an activating group) is 2. The molecule has 0 spiro atoms. The molecule has 2 aliphatic rings. The van der Waals surface area contributed by atoms with E-state index in [9.17, 15) is 44.4 Å². The van der Waals surface area contributed by atoms with E-state index in [1.165, 1.54) is 46.1 Å². The molecule has 2 aromatic carbocycles. The van der Waals surface area contributed by atoms with Crippen LogP contribution in [0.15, 0.2) is 55.8 Å². The molecule has 0 atom stereocenters. The molecule has 8 rings (SSSR count). The van der Waals surface area contributed by atoms with Crippen LogP contribution < -0.4 is 129 Å². The number of benzene rings is 2. The Morgan fingerprint density at radius 3 is 1.55 bits per heavy atom. The topological polar surface area (TPSA) is 366 Å². The summed E-state index contributed by atoms with van der Waals surface area (Å²) in [5.74, 6) is 0.359. The molecule has 2 aliphatic heterocycles. The van der Waals surface area contributed by atoms with E-state index in [2.05, 4.69) is 44.8 Å². The number of aromatic nitrogens is 8. The van der Waals surface area contributed by atoms with E-state index in [1.54, 1.807) is 37.4 Å². The average molecular weight is 1370 g/mol. The molecule has 2 saturated heterocycles. The van der Waals surface area contributed by atoms with Gasteiger partial charge in [-0.2, -0.15) is 22.7 Å². The molecule has 0 saturated carbocycles. The van der Waals surface area contributed by atoms with Crippen LogP contribution in [-0.2, 0) is 51.2 Å². The number of hydroxylamine groups is 2. The number of sulfonamides is 1. The zero-order valence-electron chi connectivity index (χ0n) is 52.5. The Kier molecular flexibility index (Phi) is 35.0. The molecule has 0 aliphatic carbocycles. The first-order valence-corrected chi connectivity index (χ1v) is 31.0. The number of aliphatic hydroxyl groups excluding tert-OH is 2. The molecule has 0 radical (unpaired) electrons. The van der Waals surface area contributed by atoms with Crippen molar-refractivity contribution in [2.24, 2.45) is 0 Å². The number of carbonyl (C=O) groups is 2. The fraction of sp³-hybridized carbons (Fsp3) is 0.528. The number of nitrogens with one attached hydrogen (secondary N) is 2. The van der Waals surface area contributed by atoms with Crippen LogP contribution >= 0.6 is 10.7 Å². The second kappa shape index (κ2) is 38.4. The molecule has 36 heteroatoms. The number of alkyl halides is 3. The number of H-pyrrole nitrogens is 2. The van der Waals surface area contributed by atoms with Crippen molar-refractivity contribution >= 4 is 53.2 Å². The first kappa shape index (κ1) is 81.2. The Bertz CT molecular complexity index is 3680. The monoisotopic (exact) mass is 1370 g/mol. The summed E-state index contributed by atoms with van der Waals surface area (Å²) in [6.07, 6.45) is -0.712. The Morgan fingerprint density at radius 2 is 1.19 bits per heavy atom. The number of hydrogen-bond acceptors (Lipinski definition) is 23. The molecule has 0 unspecified atom stereocenters. The molecular weight excluding hydrogens is 1290 g/mol. The summed E-state index contributed by atoms with van der Waals surface area (Å²) in [5.41, 5.74) is 1.92. The average Bonchev–Trinajstić information content (AvgIpc) is 4.02. The molecule has 2 fully saturated rings. The van der Waals surface area contributed by atoms with Crippen LogP contribution in [0.25, 0.3) is 33.8 Å². The van der Waals surface area contributed by atoms with Crippen LogP contribution in [0.1, 0.15) is 84.8 Å². The fourth-order valence-corrected chi connectivity index (χ4v) is 11.1. The molecule has 0 bridgehead atoms. The number of nitrogens with zero attached hydrogens (tertiary/aromatic N) is 11. The maximum absolute atomic E-state index is 13.4. The Morgan fingerprint density at radius 1 is 0.798 bits per heavy atom. The minimum absolute atomic E-state index is 0. The quantitative estimate of drug-likeness (QED) is 0.0165. The number of fused-ring (bicyclic) bond motifs is 2. The largest absolute Gasteiger partial charge is 1.00 e. The van der Waals surface area contributed by atoms with Gasteiger partial charge in [-0.3, -0.25) is 14.4 Å². The van der Waals surface area contributed by atoms with Gasteiger partial charge in [0.15, 0.2) is 22.7 Å². The first-order chi connectivity index (χ1) is 41.1. The molecule has 6 heterocycles. The summed E-state index contributed by atoms with van der Waals surface area (Å²) < 4.78 is 102. The van der Waals surface area contributed by atoms with Gasteiger partial charge < -0.3 is 55.9 Å². The van der Waals surface area contributed by atoms with Crippen molar-refractivity contribution in [2.45, 2.75) is 115 Å². The van der Waals surface area contributed by atoms with Crippen molar-refractivity contribution in [3.8, 4) is 40.3 Å². The van der Waals surface area contributed by atoms with Crippen LogP contribution in [0, 0.1) is 25.2 Å². The van der Waals surface area contributed by atoms with Crippen LogP contribution in [0.4, 0.5) is 13.2 Å². The third kappa shape index (κ3) is 22.4. The minimum atomic E-state index is -4.95. The van der Waals surface area contributed by atoms with Gasteiger partial charge >= 0.3 is 115 Å². The van der Waals surface area contributed by atoms with E-state index in [-0.39, 0.29) is 182 Å². The molecule has 4 aromatic heterocycles. The predicted molar refractivity (Wildman–Crippen MR) is 309 cm³/mol. The number of aryl methyl sites for hydroxylation is 4. The van der Waals surface area contributed by atoms with Gasteiger partial charge in [-0.05, 0) is 104 Å². The summed E-state index contributed by atoms with van der Waals surface area (Å²) in [6, 6.07) is 10.7. The van der Waals surface area contributed by atoms with Crippen molar-refractivity contribution < 1.29 is 178 Å². The maximum Gasteiger partial charge on any atom is 1.00 e. The summed E-state index contributed by atoms with van der Waals surface area (Å²) in [6.45, 7) is 16.0. The summed E-state index contributed by atoms with van der Waals surface area (Å²) >= 11 is 0. The zero-order valence-corrected chi connectivity index (χ0v) is 60.1. The fourth-order valence-electron chi connectivity index (χ4n) is 8.73. The summed E-state index contributed by atoms with van der Waals surface area (Å²) in [5, 5.41) is 43.5. The van der Waals surface area contributed by atoms with Crippen molar-refractivity contribution in [3.05, 3.63) is 80.1 Å². The van der Waals surface area contributed by atoms with Gasteiger partial charge in [0.2, 0.25) is 10.0 Å². The molecule has 28 nitrogen and oxygen atoms in total. The molecular formula is C53H73ClF3K2N13O15S2. The number of halogens is 4. The number of aliphatic hydroxyl groups is 2. The number of aromatic amines is 2. The van der Waals surface area contributed by atoms with Crippen molar-refractivity contribution in [1.82, 2.24) is 58.3 Å². The van der Waals surface area contributed by atoms with Gasteiger partial charge in [0.25, 0.3) is 26.6 Å². The van der Waals surface area contributed by atoms with Crippen molar-refractivity contribution in [1.29, 1.82) is 5.26 Å².